The number of amides is 1. The molecule has 0 saturated carbocycles. The van der Waals surface area contributed by atoms with Crippen molar-refractivity contribution in [3.63, 3.8) is 0 Å². The molecule has 2 aromatic carbocycles. The van der Waals surface area contributed by atoms with E-state index in [1.54, 1.807) is 42.7 Å². The van der Waals surface area contributed by atoms with Crippen LogP contribution < -0.4 is 4.74 Å². The van der Waals surface area contributed by atoms with E-state index >= 15 is 0 Å². The van der Waals surface area contributed by atoms with Crippen molar-refractivity contribution in [2.24, 2.45) is 0 Å². The van der Waals surface area contributed by atoms with E-state index in [1.807, 2.05) is 43.3 Å². The van der Waals surface area contributed by atoms with Crippen LogP contribution in [0.15, 0.2) is 84.7 Å². The molecule has 0 unspecified atom stereocenters. The summed E-state index contributed by atoms with van der Waals surface area (Å²) in [6.45, 7) is 2.77. The van der Waals surface area contributed by atoms with Crippen molar-refractivity contribution in [1.29, 1.82) is 0 Å². The molecule has 0 spiro atoms. The second-order valence-corrected chi connectivity index (χ2v) is 7.58. The molecule has 1 N–H and O–H groups in total. The smallest absolute Gasteiger partial charge is 0.295 e. The Hall–Kier alpha value is -3.93. The lowest BCUT2D eigenvalue weighted by molar-refractivity contribution is -0.140. The van der Waals surface area contributed by atoms with Crippen molar-refractivity contribution in [2.45, 2.75) is 25.9 Å². The first kappa shape index (κ1) is 21.3. The van der Waals surface area contributed by atoms with Gasteiger partial charge in [0, 0.05) is 24.5 Å². The maximum Gasteiger partial charge on any atom is 0.295 e. The topological polar surface area (TPSA) is 79.7 Å². The number of carbonyl (C=O) groups excluding carboxylic acids is 2. The molecule has 162 valence electrons. The van der Waals surface area contributed by atoms with Gasteiger partial charge in [-0.25, -0.2) is 0 Å². The van der Waals surface area contributed by atoms with E-state index in [1.165, 1.54) is 4.90 Å². The van der Waals surface area contributed by atoms with Crippen LogP contribution in [0.25, 0.3) is 5.76 Å². The third-order valence-corrected chi connectivity index (χ3v) is 5.31. The predicted molar refractivity (Wildman–Crippen MR) is 121 cm³/mol. The number of Topliss-reactive ketones (excluding diaryl/α,β-unsaturated/α-hetero) is 1. The number of hydrogen-bond donors (Lipinski definition) is 1. The van der Waals surface area contributed by atoms with E-state index in [9.17, 15) is 14.7 Å². The molecule has 1 aliphatic heterocycles. The molecule has 0 bridgehead atoms. The van der Waals surface area contributed by atoms with Gasteiger partial charge in [-0.05, 0) is 35.7 Å². The normalized spacial score (nSPS) is 17.5. The number of pyridine rings is 1. The molecule has 1 fully saturated rings. The summed E-state index contributed by atoms with van der Waals surface area (Å²) in [5, 5.41) is 11.1. The second-order valence-electron chi connectivity index (χ2n) is 7.58. The fourth-order valence-electron chi connectivity index (χ4n) is 3.82. The first-order valence-electron chi connectivity index (χ1n) is 10.6. The number of aliphatic hydroxyl groups is 1. The summed E-state index contributed by atoms with van der Waals surface area (Å²) in [4.78, 5) is 31.8. The number of benzene rings is 2. The molecular weight excluding hydrogens is 404 g/mol. The van der Waals surface area contributed by atoms with E-state index in [-0.39, 0.29) is 17.9 Å². The number of carbonyl (C=O) groups is 2. The Labute approximate surface area is 186 Å². The Morgan fingerprint density at radius 2 is 1.88 bits per heavy atom. The van der Waals surface area contributed by atoms with Crippen molar-refractivity contribution in [3.05, 3.63) is 101 Å². The summed E-state index contributed by atoms with van der Waals surface area (Å²) in [5.41, 5.74) is 2.03. The molecule has 1 atom stereocenters. The van der Waals surface area contributed by atoms with Gasteiger partial charge < -0.3 is 14.7 Å². The van der Waals surface area contributed by atoms with Crippen LogP contribution in [0.3, 0.4) is 0 Å². The Morgan fingerprint density at radius 3 is 2.59 bits per heavy atom. The van der Waals surface area contributed by atoms with Gasteiger partial charge in [0.25, 0.3) is 11.7 Å². The number of nitrogens with zero attached hydrogens (tertiary/aromatic N) is 2. The average molecular weight is 428 g/mol. The number of aromatic nitrogens is 1. The predicted octanol–water partition coefficient (Wildman–Crippen LogP) is 4.49. The van der Waals surface area contributed by atoms with Crippen molar-refractivity contribution in [2.75, 3.05) is 6.61 Å². The molecule has 1 saturated heterocycles. The molecule has 6 heteroatoms. The molecule has 0 radical (unpaired) electrons. The summed E-state index contributed by atoms with van der Waals surface area (Å²) in [7, 11) is 0. The highest BCUT2D eigenvalue weighted by Gasteiger charge is 2.46. The van der Waals surface area contributed by atoms with Gasteiger partial charge in [-0.3, -0.25) is 14.6 Å². The standard InChI is InChI=1S/C26H24N2O4/c1-2-14-32-21-12-6-11-20(15-21)23-22(24(29)19-9-4-3-5-10-19)25(30)26(31)28(23)17-18-8-7-13-27-16-18/h3-13,15-16,23,29H,2,14,17H2,1H3/b24-22+/t23-/m0/s1. The Kier molecular flexibility index (Phi) is 6.31. The van der Waals surface area contributed by atoms with E-state index in [4.69, 9.17) is 4.74 Å². The molecule has 32 heavy (non-hydrogen) atoms. The molecule has 1 amide bonds. The van der Waals surface area contributed by atoms with Gasteiger partial charge in [0.2, 0.25) is 0 Å². The van der Waals surface area contributed by atoms with E-state index in [0.717, 1.165) is 12.0 Å². The molecule has 4 rings (SSSR count). The Morgan fingerprint density at radius 1 is 1.06 bits per heavy atom. The van der Waals surface area contributed by atoms with E-state index < -0.39 is 17.7 Å². The molecule has 1 aliphatic rings. The van der Waals surface area contributed by atoms with Crippen molar-refractivity contribution < 1.29 is 19.4 Å². The zero-order chi connectivity index (χ0) is 22.5. The van der Waals surface area contributed by atoms with Crippen LogP contribution in [0, 0.1) is 0 Å². The Bertz CT molecular complexity index is 1140. The first-order chi connectivity index (χ1) is 15.6. The van der Waals surface area contributed by atoms with Crippen LogP contribution in [-0.2, 0) is 16.1 Å². The molecule has 1 aromatic heterocycles. The monoisotopic (exact) mass is 428 g/mol. The van der Waals surface area contributed by atoms with Crippen molar-refractivity contribution in [1.82, 2.24) is 9.88 Å². The minimum atomic E-state index is -0.749. The number of ketones is 1. The largest absolute Gasteiger partial charge is 0.507 e. The summed E-state index contributed by atoms with van der Waals surface area (Å²) >= 11 is 0. The first-order valence-corrected chi connectivity index (χ1v) is 10.6. The Balaban J connectivity index is 1.83. The molecule has 3 aromatic rings. The quantitative estimate of drug-likeness (QED) is 0.341. The van der Waals surface area contributed by atoms with Crippen LogP contribution in [0.5, 0.6) is 5.75 Å². The van der Waals surface area contributed by atoms with Crippen LogP contribution in [0.1, 0.15) is 36.1 Å². The summed E-state index contributed by atoms with van der Waals surface area (Å²) < 4.78 is 5.77. The highest BCUT2D eigenvalue weighted by atomic mass is 16.5. The lowest BCUT2D eigenvalue weighted by Crippen LogP contribution is -2.29. The fourth-order valence-corrected chi connectivity index (χ4v) is 3.82. The molecule has 6 nitrogen and oxygen atoms in total. The van der Waals surface area contributed by atoms with Crippen molar-refractivity contribution in [3.8, 4) is 5.75 Å². The number of ether oxygens (including phenoxy) is 1. The lowest BCUT2D eigenvalue weighted by atomic mass is 9.95. The number of likely N-dealkylation sites (tertiary alicyclic amines) is 1. The number of rotatable bonds is 7. The van der Waals surface area contributed by atoms with Crippen LogP contribution in [-0.4, -0.2) is 33.3 Å². The highest BCUT2D eigenvalue weighted by Crippen LogP contribution is 2.41. The maximum atomic E-state index is 13.1. The minimum Gasteiger partial charge on any atom is -0.507 e. The van der Waals surface area contributed by atoms with Crippen LogP contribution in [0.4, 0.5) is 0 Å². The lowest BCUT2D eigenvalue weighted by Gasteiger charge is -2.25. The van der Waals surface area contributed by atoms with Crippen LogP contribution >= 0.6 is 0 Å². The third kappa shape index (κ3) is 4.25. The maximum absolute atomic E-state index is 13.1. The van der Waals surface area contributed by atoms with Gasteiger partial charge in [0.15, 0.2) is 0 Å². The highest BCUT2D eigenvalue weighted by molar-refractivity contribution is 6.46. The van der Waals surface area contributed by atoms with Gasteiger partial charge in [0.1, 0.15) is 11.5 Å². The van der Waals surface area contributed by atoms with Gasteiger partial charge in [-0.1, -0.05) is 55.5 Å². The van der Waals surface area contributed by atoms with Crippen LogP contribution in [0.2, 0.25) is 0 Å². The second kappa shape index (κ2) is 9.47. The SMILES string of the molecule is CCCOc1cccc([C@H]2/C(=C(\O)c3ccccc3)C(=O)C(=O)N2Cc2cccnc2)c1. The van der Waals surface area contributed by atoms with E-state index in [2.05, 4.69) is 4.98 Å². The summed E-state index contributed by atoms with van der Waals surface area (Å²) in [6, 6.07) is 19.0. The van der Waals surface area contributed by atoms with Crippen molar-refractivity contribution >= 4 is 17.4 Å². The number of hydrogen-bond acceptors (Lipinski definition) is 5. The van der Waals surface area contributed by atoms with Gasteiger partial charge in [-0.15, -0.1) is 0 Å². The summed E-state index contributed by atoms with van der Waals surface area (Å²) in [5.74, 6) is -0.908. The third-order valence-electron chi connectivity index (χ3n) is 5.31. The molecule has 2 heterocycles. The molecule has 0 aliphatic carbocycles. The zero-order valence-corrected chi connectivity index (χ0v) is 17.8. The van der Waals surface area contributed by atoms with Gasteiger partial charge in [0.05, 0.1) is 18.2 Å². The van der Waals surface area contributed by atoms with Gasteiger partial charge >= 0.3 is 0 Å². The molecular formula is C26H24N2O4. The minimum absolute atomic E-state index is 0.0673. The van der Waals surface area contributed by atoms with E-state index in [0.29, 0.717) is 23.5 Å². The summed E-state index contributed by atoms with van der Waals surface area (Å²) in [6.07, 6.45) is 4.17. The number of aliphatic hydroxyl groups excluding tert-OH is 1. The van der Waals surface area contributed by atoms with Gasteiger partial charge in [-0.2, -0.15) is 0 Å². The average Bonchev–Trinajstić information content (AvgIpc) is 3.08. The fraction of sp³-hybridized carbons (Fsp3) is 0.192. The zero-order valence-electron chi connectivity index (χ0n) is 17.8.